The van der Waals surface area contributed by atoms with Crippen LogP contribution in [-0.4, -0.2) is 5.97 Å². The van der Waals surface area contributed by atoms with Crippen LogP contribution in [0.1, 0.15) is 25.3 Å². The van der Waals surface area contributed by atoms with E-state index in [1.807, 2.05) is 37.3 Å². The van der Waals surface area contributed by atoms with Gasteiger partial charge in [0, 0.05) is 6.42 Å². The van der Waals surface area contributed by atoms with Crippen molar-refractivity contribution in [2.24, 2.45) is 0 Å². The summed E-state index contributed by atoms with van der Waals surface area (Å²) in [6, 6.07) is 17.1. The molecule has 0 aliphatic heterocycles. The molecule has 0 aromatic heterocycles. The number of carbonyl (C=O) groups is 1. The van der Waals surface area contributed by atoms with E-state index in [0.29, 0.717) is 18.8 Å². The summed E-state index contributed by atoms with van der Waals surface area (Å²) in [6.07, 6.45) is 1.23. The number of ether oxygens (including phenoxy) is 2. The molecule has 104 valence electrons. The molecule has 0 unspecified atom stereocenters. The predicted molar refractivity (Wildman–Crippen MR) is 77.8 cm³/mol. The molecule has 0 heterocycles. The first-order chi connectivity index (χ1) is 9.78. The van der Waals surface area contributed by atoms with Gasteiger partial charge in [-0.3, -0.25) is 4.79 Å². The molecule has 0 saturated heterocycles. The second kappa shape index (κ2) is 7.34. The first-order valence-electron chi connectivity index (χ1n) is 6.75. The van der Waals surface area contributed by atoms with E-state index in [-0.39, 0.29) is 5.97 Å². The van der Waals surface area contributed by atoms with E-state index in [2.05, 4.69) is 0 Å². The predicted octanol–water partition coefficient (Wildman–Crippen LogP) is 3.97. The number of rotatable bonds is 6. The third kappa shape index (κ3) is 4.43. The van der Waals surface area contributed by atoms with E-state index in [9.17, 15) is 4.79 Å². The number of benzene rings is 2. The van der Waals surface area contributed by atoms with Gasteiger partial charge in [0.15, 0.2) is 0 Å². The Bertz CT molecular complexity index is 532. The molecule has 0 bridgehead atoms. The molecule has 0 aliphatic rings. The van der Waals surface area contributed by atoms with E-state index in [0.717, 1.165) is 17.7 Å². The quantitative estimate of drug-likeness (QED) is 0.588. The van der Waals surface area contributed by atoms with Crippen LogP contribution < -0.4 is 9.47 Å². The highest BCUT2D eigenvalue weighted by Crippen LogP contribution is 2.19. The van der Waals surface area contributed by atoms with Crippen LogP contribution in [0.3, 0.4) is 0 Å². The van der Waals surface area contributed by atoms with E-state index < -0.39 is 0 Å². The van der Waals surface area contributed by atoms with E-state index >= 15 is 0 Å². The monoisotopic (exact) mass is 270 g/mol. The van der Waals surface area contributed by atoms with Crippen molar-refractivity contribution in [3.63, 3.8) is 0 Å². The maximum atomic E-state index is 11.4. The van der Waals surface area contributed by atoms with Gasteiger partial charge in [-0.15, -0.1) is 0 Å². The van der Waals surface area contributed by atoms with Gasteiger partial charge in [-0.25, -0.2) is 0 Å². The highest BCUT2D eigenvalue weighted by atomic mass is 16.5. The highest BCUT2D eigenvalue weighted by molar-refractivity contribution is 5.72. The third-order valence-corrected chi connectivity index (χ3v) is 2.76. The van der Waals surface area contributed by atoms with Crippen molar-refractivity contribution in [1.82, 2.24) is 0 Å². The zero-order chi connectivity index (χ0) is 14.2. The van der Waals surface area contributed by atoms with Crippen LogP contribution in [0.4, 0.5) is 0 Å². The molecule has 0 spiro atoms. The number of esters is 1. The molecule has 0 radical (unpaired) electrons. The van der Waals surface area contributed by atoms with Gasteiger partial charge in [0.25, 0.3) is 0 Å². The van der Waals surface area contributed by atoms with E-state index in [1.165, 1.54) is 0 Å². The summed E-state index contributed by atoms with van der Waals surface area (Å²) in [7, 11) is 0. The average molecular weight is 270 g/mol. The van der Waals surface area contributed by atoms with Crippen molar-refractivity contribution < 1.29 is 14.3 Å². The summed E-state index contributed by atoms with van der Waals surface area (Å²) < 4.78 is 10.8. The Morgan fingerprint density at radius 2 is 1.60 bits per heavy atom. The summed E-state index contributed by atoms with van der Waals surface area (Å²) in [5.74, 6) is 1.10. The smallest absolute Gasteiger partial charge is 0.311 e. The van der Waals surface area contributed by atoms with Gasteiger partial charge in [-0.2, -0.15) is 0 Å². The summed E-state index contributed by atoms with van der Waals surface area (Å²) in [4.78, 5) is 11.4. The number of carbonyl (C=O) groups excluding carboxylic acids is 1. The van der Waals surface area contributed by atoms with Crippen LogP contribution in [0.25, 0.3) is 0 Å². The molecule has 0 aliphatic carbocycles. The van der Waals surface area contributed by atoms with Crippen molar-refractivity contribution in [3.8, 4) is 11.5 Å². The van der Waals surface area contributed by atoms with Crippen LogP contribution in [0.2, 0.25) is 0 Å². The van der Waals surface area contributed by atoms with Crippen molar-refractivity contribution in [2.75, 3.05) is 0 Å². The van der Waals surface area contributed by atoms with Gasteiger partial charge in [-0.1, -0.05) is 37.3 Å². The van der Waals surface area contributed by atoms with Crippen molar-refractivity contribution in [3.05, 3.63) is 60.2 Å². The van der Waals surface area contributed by atoms with Crippen LogP contribution >= 0.6 is 0 Å². The Labute approximate surface area is 119 Å². The highest BCUT2D eigenvalue weighted by Gasteiger charge is 2.03. The zero-order valence-corrected chi connectivity index (χ0v) is 11.5. The Kier molecular flexibility index (Phi) is 5.18. The molecule has 0 saturated carbocycles. The minimum absolute atomic E-state index is 0.203. The Morgan fingerprint density at radius 3 is 2.25 bits per heavy atom. The molecule has 2 rings (SSSR count). The van der Waals surface area contributed by atoms with Crippen molar-refractivity contribution >= 4 is 5.97 Å². The van der Waals surface area contributed by atoms with Crippen LogP contribution in [0.15, 0.2) is 54.6 Å². The number of hydrogen-bond donors (Lipinski definition) is 0. The number of hydrogen-bond acceptors (Lipinski definition) is 3. The minimum Gasteiger partial charge on any atom is -0.489 e. The van der Waals surface area contributed by atoms with Gasteiger partial charge in [-0.05, 0) is 36.2 Å². The van der Waals surface area contributed by atoms with Crippen molar-refractivity contribution in [1.29, 1.82) is 0 Å². The molecular weight excluding hydrogens is 252 g/mol. The molecule has 2 aromatic rings. The first kappa shape index (κ1) is 14.1. The lowest BCUT2D eigenvalue weighted by atomic mass is 10.2. The summed E-state index contributed by atoms with van der Waals surface area (Å²) >= 11 is 0. The maximum Gasteiger partial charge on any atom is 0.311 e. The molecule has 20 heavy (non-hydrogen) atoms. The standard InChI is InChI=1S/C17H18O3/c1-2-6-17(18)20-16-11-9-15(10-12-16)19-13-14-7-4-3-5-8-14/h3-5,7-12H,2,6,13H2,1H3. The summed E-state index contributed by atoms with van der Waals surface area (Å²) in [5.41, 5.74) is 1.12. The van der Waals surface area contributed by atoms with Gasteiger partial charge < -0.3 is 9.47 Å². The summed E-state index contributed by atoms with van der Waals surface area (Å²) in [6.45, 7) is 2.47. The van der Waals surface area contributed by atoms with Crippen LogP contribution in [0.5, 0.6) is 11.5 Å². The maximum absolute atomic E-state index is 11.4. The lowest BCUT2D eigenvalue weighted by Crippen LogP contribution is -2.06. The lowest BCUT2D eigenvalue weighted by molar-refractivity contribution is -0.134. The second-order valence-electron chi connectivity index (χ2n) is 4.47. The zero-order valence-electron chi connectivity index (χ0n) is 11.5. The fourth-order valence-corrected chi connectivity index (χ4v) is 1.73. The first-order valence-corrected chi connectivity index (χ1v) is 6.75. The molecule has 3 heteroatoms. The third-order valence-electron chi connectivity index (χ3n) is 2.76. The van der Waals surface area contributed by atoms with Crippen LogP contribution in [0, 0.1) is 0 Å². The van der Waals surface area contributed by atoms with Gasteiger partial charge in [0.2, 0.25) is 0 Å². The Morgan fingerprint density at radius 1 is 0.950 bits per heavy atom. The van der Waals surface area contributed by atoms with Gasteiger partial charge in [0.05, 0.1) is 0 Å². The minimum atomic E-state index is -0.203. The van der Waals surface area contributed by atoms with Crippen LogP contribution in [-0.2, 0) is 11.4 Å². The second-order valence-corrected chi connectivity index (χ2v) is 4.47. The van der Waals surface area contributed by atoms with E-state index in [4.69, 9.17) is 9.47 Å². The molecule has 2 aromatic carbocycles. The Balaban J connectivity index is 1.87. The van der Waals surface area contributed by atoms with Gasteiger partial charge >= 0.3 is 5.97 Å². The molecule has 0 N–H and O–H groups in total. The van der Waals surface area contributed by atoms with Gasteiger partial charge in [0.1, 0.15) is 18.1 Å². The summed E-state index contributed by atoms with van der Waals surface area (Å²) in [5, 5.41) is 0. The Hall–Kier alpha value is -2.29. The average Bonchev–Trinajstić information content (AvgIpc) is 2.48. The van der Waals surface area contributed by atoms with E-state index in [1.54, 1.807) is 24.3 Å². The molecule has 0 fully saturated rings. The lowest BCUT2D eigenvalue weighted by Gasteiger charge is -2.07. The molecule has 0 amide bonds. The molecule has 0 atom stereocenters. The molecule has 3 nitrogen and oxygen atoms in total. The normalized spacial score (nSPS) is 10.1. The largest absolute Gasteiger partial charge is 0.489 e. The van der Waals surface area contributed by atoms with Crippen molar-refractivity contribution in [2.45, 2.75) is 26.4 Å². The molecular formula is C17H18O3. The SMILES string of the molecule is CCCC(=O)Oc1ccc(OCc2ccccc2)cc1. The fraction of sp³-hybridized carbons (Fsp3) is 0.235. The topological polar surface area (TPSA) is 35.5 Å². The fourth-order valence-electron chi connectivity index (χ4n) is 1.73.